The highest BCUT2D eigenvalue weighted by Crippen LogP contribution is 2.38. The molecule has 0 aliphatic carbocycles. The highest BCUT2D eigenvalue weighted by molar-refractivity contribution is 6.00. The van der Waals surface area contributed by atoms with E-state index in [1.54, 1.807) is 27.7 Å². The monoisotopic (exact) mass is 629 g/mol. The number of cyclic esters (lactones) is 1. The summed E-state index contributed by atoms with van der Waals surface area (Å²) in [5.74, 6) is -6.24. The molecule has 0 bridgehead atoms. The minimum absolute atomic E-state index is 0.0669. The first kappa shape index (κ1) is 38.2. The highest BCUT2D eigenvalue weighted by Gasteiger charge is 2.52. The fraction of sp³-hybridized carbons (Fsp3) is 0.875. The Kier molecular flexibility index (Phi) is 13.1. The molecule has 12 heteroatoms. The van der Waals surface area contributed by atoms with Gasteiger partial charge in [0.1, 0.15) is 23.4 Å². The number of hydrogen-bond acceptors (Lipinski definition) is 12. The molecule has 2 heterocycles. The van der Waals surface area contributed by atoms with Crippen molar-refractivity contribution < 1.29 is 53.1 Å². The predicted octanol–water partition coefficient (Wildman–Crippen LogP) is 2.29. The number of aliphatic hydroxyl groups excluding tert-OH is 1. The number of methoxy groups -OCH3 is 1. The Morgan fingerprint density at radius 3 is 2.14 bits per heavy atom. The van der Waals surface area contributed by atoms with E-state index in [-0.39, 0.29) is 30.8 Å². The maximum atomic E-state index is 13.9. The molecular weight excluding hydrogens is 574 g/mol. The summed E-state index contributed by atoms with van der Waals surface area (Å²) in [6.07, 6.45) is -5.28. The minimum Gasteiger partial charge on any atom is -0.459 e. The molecule has 12 nitrogen and oxygen atoms in total. The topological polar surface area (TPSA) is 158 Å². The van der Waals surface area contributed by atoms with Crippen LogP contribution in [0.1, 0.15) is 81.6 Å². The summed E-state index contributed by atoms with van der Waals surface area (Å²) >= 11 is 0. The summed E-state index contributed by atoms with van der Waals surface area (Å²) < 4.78 is 30.1. The molecule has 2 aliphatic heterocycles. The third kappa shape index (κ3) is 8.24. The zero-order valence-electron chi connectivity index (χ0n) is 28.5. The summed E-state index contributed by atoms with van der Waals surface area (Å²) in [7, 11) is 5.16. The maximum Gasteiger partial charge on any atom is 0.316 e. The molecule has 2 N–H and O–H groups in total. The van der Waals surface area contributed by atoms with Gasteiger partial charge in [0, 0.05) is 31.8 Å². The van der Waals surface area contributed by atoms with Gasteiger partial charge in [-0.2, -0.15) is 0 Å². The highest BCUT2D eigenvalue weighted by atomic mass is 16.7. The minimum atomic E-state index is -1.96. The molecule has 254 valence electrons. The fourth-order valence-electron chi connectivity index (χ4n) is 6.74. The van der Waals surface area contributed by atoms with E-state index in [0.29, 0.717) is 6.42 Å². The van der Waals surface area contributed by atoms with Crippen LogP contribution in [0.4, 0.5) is 0 Å². The second kappa shape index (κ2) is 15.1. The number of Topliss-reactive ketones (excluding diaryl/α,β-unsaturated/α-hetero) is 2. The standard InChI is InChI=1S/C32H55NO11/c1-13-23-32(9,39)27(37)18(4)24(35)16(2)15-31(8,40-12)28(19(5)25(36)20(6)29(38)43-23)44-30-26(42-21(7)34)22(33(10)11)14-17(3)41-30/h16-20,22-23,26-28,30,37,39H,13-15H2,1-12H3/t16-,17-,18+,19+,20-,22+,23-,26-,27-,28-,30+,31-,32-/m1/s1. The van der Waals surface area contributed by atoms with Crippen molar-refractivity contribution >= 4 is 23.5 Å². The lowest BCUT2D eigenvalue weighted by atomic mass is 9.74. The zero-order valence-corrected chi connectivity index (χ0v) is 28.5. The maximum absolute atomic E-state index is 13.9. The molecular formula is C32H55NO11. The third-order valence-electron chi connectivity index (χ3n) is 9.58. The summed E-state index contributed by atoms with van der Waals surface area (Å²) in [5, 5.41) is 22.4. The third-order valence-corrected chi connectivity index (χ3v) is 9.58. The Morgan fingerprint density at radius 1 is 1.05 bits per heavy atom. The number of rotatable bonds is 6. The molecule has 0 unspecified atom stereocenters. The van der Waals surface area contributed by atoms with Gasteiger partial charge in [-0.05, 0) is 61.1 Å². The lowest BCUT2D eigenvalue weighted by molar-refractivity contribution is -0.298. The van der Waals surface area contributed by atoms with Gasteiger partial charge in [0.05, 0.1) is 30.0 Å². The molecule has 0 amide bonds. The van der Waals surface area contributed by atoms with Crippen LogP contribution < -0.4 is 0 Å². The van der Waals surface area contributed by atoms with Crippen LogP contribution in [0.5, 0.6) is 0 Å². The number of carbonyl (C=O) groups excluding carboxylic acids is 4. The summed E-state index contributed by atoms with van der Waals surface area (Å²) in [6.45, 7) is 14.1. The molecule has 2 aliphatic rings. The van der Waals surface area contributed by atoms with Gasteiger partial charge in [-0.15, -0.1) is 0 Å². The lowest BCUT2D eigenvalue weighted by Gasteiger charge is -2.47. The lowest BCUT2D eigenvalue weighted by Crippen LogP contribution is -2.60. The molecule has 0 radical (unpaired) electrons. The average molecular weight is 630 g/mol. The van der Waals surface area contributed by atoms with Gasteiger partial charge in [0.2, 0.25) is 0 Å². The summed E-state index contributed by atoms with van der Waals surface area (Å²) in [5.41, 5.74) is -3.26. The predicted molar refractivity (Wildman–Crippen MR) is 160 cm³/mol. The van der Waals surface area contributed by atoms with Crippen LogP contribution in [0.2, 0.25) is 0 Å². The fourth-order valence-corrected chi connectivity index (χ4v) is 6.74. The second-order valence-corrected chi connectivity index (χ2v) is 13.4. The Bertz CT molecular complexity index is 1030. The molecule has 2 fully saturated rings. The van der Waals surface area contributed by atoms with Crippen LogP contribution in [0.3, 0.4) is 0 Å². The molecule has 0 aromatic rings. The van der Waals surface area contributed by atoms with Gasteiger partial charge in [0.15, 0.2) is 18.2 Å². The average Bonchev–Trinajstić information content (AvgIpc) is 2.95. The Morgan fingerprint density at radius 2 is 1.64 bits per heavy atom. The van der Waals surface area contributed by atoms with Crippen molar-refractivity contribution in [3.8, 4) is 0 Å². The summed E-state index contributed by atoms with van der Waals surface area (Å²) in [4.78, 5) is 55.0. The van der Waals surface area contributed by atoms with E-state index in [1.165, 1.54) is 34.8 Å². The second-order valence-electron chi connectivity index (χ2n) is 13.4. The molecule has 0 saturated carbocycles. The van der Waals surface area contributed by atoms with Gasteiger partial charge in [0.25, 0.3) is 0 Å². The number of ketones is 2. The van der Waals surface area contributed by atoms with E-state index in [1.807, 2.05) is 25.9 Å². The van der Waals surface area contributed by atoms with E-state index < -0.39 is 83.3 Å². The van der Waals surface area contributed by atoms with E-state index >= 15 is 0 Å². The van der Waals surface area contributed by atoms with Crippen molar-refractivity contribution in [2.24, 2.45) is 23.7 Å². The van der Waals surface area contributed by atoms with Crippen molar-refractivity contribution in [2.45, 2.75) is 136 Å². The van der Waals surface area contributed by atoms with Gasteiger partial charge < -0.3 is 38.8 Å². The Hall–Kier alpha value is -1.96. The number of ether oxygens (including phenoxy) is 5. The number of likely N-dealkylation sites (N-methyl/N-ethyl adjacent to an activating group) is 1. The molecule has 44 heavy (non-hydrogen) atoms. The van der Waals surface area contributed by atoms with E-state index in [0.717, 1.165) is 0 Å². The quantitative estimate of drug-likeness (QED) is 0.327. The van der Waals surface area contributed by atoms with Gasteiger partial charge >= 0.3 is 11.9 Å². The van der Waals surface area contributed by atoms with E-state index in [2.05, 4.69) is 0 Å². The molecule has 13 atom stereocenters. The first-order chi connectivity index (χ1) is 20.2. The van der Waals surface area contributed by atoms with Crippen LogP contribution in [0.15, 0.2) is 0 Å². The van der Waals surface area contributed by atoms with Crippen molar-refractivity contribution in [1.82, 2.24) is 4.90 Å². The van der Waals surface area contributed by atoms with Crippen molar-refractivity contribution in [3.63, 3.8) is 0 Å². The van der Waals surface area contributed by atoms with Crippen LogP contribution >= 0.6 is 0 Å². The molecule has 0 aromatic heterocycles. The van der Waals surface area contributed by atoms with Gasteiger partial charge in [-0.1, -0.05) is 27.7 Å². The van der Waals surface area contributed by atoms with Crippen molar-refractivity contribution in [1.29, 1.82) is 0 Å². The number of esters is 2. The normalized spacial score (nSPS) is 43.3. The van der Waals surface area contributed by atoms with Gasteiger partial charge in [-0.25, -0.2) is 0 Å². The molecule has 2 saturated heterocycles. The van der Waals surface area contributed by atoms with E-state index in [9.17, 15) is 29.4 Å². The number of carbonyl (C=O) groups is 4. The number of nitrogens with zero attached hydrogens (tertiary/aromatic N) is 1. The number of hydrogen-bond donors (Lipinski definition) is 2. The zero-order chi connectivity index (χ0) is 33.9. The number of aliphatic hydroxyl groups is 2. The smallest absolute Gasteiger partial charge is 0.316 e. The van der Waals surface area contributed by atoms with Crippen molar-refractivity contribution in [2.75, 3.05) is 21.2 Å². The van der Waals surface area contributed by atoms with Crippen LogP contribution in [0, 0.1) is 23.7 Å². The van der Waals surface area contributed by atoms with Crippen LogP contribution in [-0.2, 0) is 42.9 Å². The summed E-state index contributed by atoms with van der Waals surface area (Å²) in [6, 6.07) is -0.263. The molecule has 2 rings (SSSR count). The van der Waals surface area contributed by atoms with Crippen LogP contribution in [0.25, 0.3) is 0 Å². The Labute approximate surface area is 262 Å². The van der Waals surface area contributed by atoms with E-state index in [4.69, 9.17) is 23.7 Å². The van der Waals surface area contributed by atoms with Crippen molar-refractivity contribution in [3.05, 3.63) is 0 Å². The first-order valence-corrected chi connectivity index (χ1v) is 15.6. The van der Waals surface area contributed by atoms with Gasteiger partial charge in [-0.3, -0.25) is 19.2 Å². The Balaban J connectivity index is 2.68. The van der Waals surface area contributed by atoms with Crippen LogP contribution in [-0.4, -0.2) is 114 Å². The largest absolute Gasteiger partial charge is 0.459 e. The first-order valence-electron chi connectivity index (χ1n) is 15.6. The SMILES string of the molecule is CC[C@H]1OC(=O)[C@H](C)C(=O)[C@H](C)[C@@H](O[C@@H]2O[C@H](C)C[C@H](N(C)C)[C@H]2OC(C)=O)[C@](C)(OC)C[C@@H](C)C(=O)[C@H](C)[C@@H](O)[C@]1(C)O. The molecule has 0 aromatic carbocycles. The molecule has 0 spiro atoms.